The quantitative estimate of drug-likeness (QED) is 0.686. The Morgan fingerprint density at radius 3 is 2.52 bits per heavy atom. The van der Waals surface area contributed by atoms with Crippen LogP contribution in [0.3, 0.4) is 0 Å². The Bertz CT molecular complexity index is 982. The van der Waals surface area contributed by atoms with Crippen molar-refractivity contribution in [2.45, 2.75) is 32.4 Å². The number of hydrogen-bond acceptors (Lipinski definition) is 5. The third kappa shape index (κ3) is 3.94. The average Bonchev–Trinajstić information content (AvgIpc) is 3.16. The smallest absolute Gasteiger partial charge is 0.250 e. The third-order valence-electron chi connectivity index (χ3n) is 5.15. The number of anilines is 2. The molecule has 3 aromatic rings. The van der Waals surface area contributed by atoms with E-state index in [0.717, 1.165) is 17.7 Å². The minimum atomic E-state index is -0.141. The molecule has 7 nitrogen and oxygen atoms in total. The lowest BCUT2D eigenvalue weighted by Crippen LogP contribution is -2.28. The Morgan fingerprint density at radius 2 is 1.86 bits per heavy atom. The molecule has 1 aliphatic heterocycles. The number of carbonyl (C=O) groups excluding carboxylic acids is 1. The van der Waals surface area contributed by atoms with Gasteiger partial charge in [-0.1, -0.05) is 56.3 Å². The van der Waals surface area contributed by atoms with Crippen molar-refractivity contribution in [3.05, 3.63) is 65.7 Å². The molecule has 1 aliphatic rings. The van der Waals surface area contributed by atoms with Crippen LogP contribution < -0.4 is 15.4 Å². The molecule has 4 rings (SSSR count). The van der Waals surface area contributed by atoms with Gasteiger partial charge >= 0.3 is 0 Å². The molecular weight excluding hydrogens is 366 g/mol. The molecule has 2 aromatic carbocycles. The van der Waals surface area contributed by atoms with Crippen LogP contribution in [0.4, 0.5) is 11.9 Å². The number of nitrogens with one attached hydrogen (secondary N) is 2. The molecule has 1 aromatic heterocycles. The molecule has 0 aliphatic carbocycles. The highest BCUT2D eigenvalue weighted by molar-refractivity contribution is 5.90. The van der Waals surface area contributed by atoms with Crippen LogP contribution in [0.25, 0.3) is 0 Å². The number of ether oxygens (including phenoxy) is 1. The Kier molecular flexibility index (Phi) is 5.20. The van der Waals surface area contributed by atoms with Crippen LogP contribution in [0.1, 0.15) is 43.5 Å². The predicted molar refractivity (Wildman–Crippen MR) is 112 cm³/mol. The highest BCUT2D eigenvalue weighted by atomic mass is 16.5. The zero-order valence-corrected chi connectivity index (χ0v) is 16.8. The average molecular weight is 391 g/mol. The minimum Gasteiger partial charge on any atom is -0.497 e. The van der Waals surface area contributed by atoms with Crippen molar-refractivity contribution >= 4 is 17.8 Å². The van der Waals surface area contributed by atoms with Gasteiger partial charge < -0.3 is 10.1 Å². The second-order valence-corrected chi connectivity index (χ2v) is 7.48. The fourth-order valence-electron chi connectivity index (χ4n) is 3.49. The maximum atomic E-state index is 12.1. The van der Waals surface area contributed by atoms with E-state index < -0.39 is 0 Å². The third-order valence-corrected chi connectivity index (χ3v) is 5.15. The van der Waals surface area contributed by atoms with Gasteiger partial charge in [0.2, 0.25) is 11.9 Å². The number of carbonyl (C=O) groups is 1. The fraction of sp³-hybridized carbons (Fsp3) is 0.318. The first-order valence-electron chi connectivity index (χ1n) is 9.78. The van der Waals surface area contributed by atoms with Gasteiger partial charge in [-0.2, -0.15) is 4.98 Å². The predicted octanol–water partition coefficient (Wildman–Crippen LogP) is 4.03. The number of fused-ring (bicyclic) bond motifs is 1. The molecule has 2 N–H and O–H groups in total. The maximum absolute atomic E-state index is 12.1. The molecule has 2 atom stereocenters. The van der Waals surface area contributed by atoms with E-state index in [1.165, 1.54) is 5.56 Å². The van der Waals surface area contributed by atoms with Gasteiger partial charge in [-0.05, 0) is 29.7 Å². The van der Waals surface area contributed by atoms with E-state index in [-0.39, 0.29) is 23.9 Å². The van der Waals surface area contributed by atoms with E-state index in [4.69, 9.17) is 4.74 Å². The van der Waals surface area contributed by atoms with E-state index in [1.54, 1.807) is 7.11 Å². The first-order valence-corrected chi connectivity index (χ1v) is 9.78. The zero-order chi connectivity index (χ0) is 20.4. The summed E-state index contributed by atoms with van der Waals surface area (Å²) in [6.45, 7) is 3.68. The minimum absolute atomic E-state index is 0.0143. The van der Waals surface area contributed by atoms with E-state index in [9.17, 15) is 4.79 Å². The number of nitrogens with zero attached hydrogens (tertiary/aromatic N) is 3. The van der Waals surface area contributed by atoms with Crippen LogP contribution in [0, 0.1) is 5.92 Å². The molecule has 2 heterocycles. The lowest BCUT2D eigenvalue weighted by Gasteiger charge is -2.31. The number of aromatic nitrogens is 3. The van der Waals surface area contributed by atoms with Crippen molar-refractivity contribution in [3.63, 3.8) is 0 Å². The van der Waals surface area contributed by atoms with E-state index >= 15 is 0 Å². The van der Waals surface area contributed by atoms with Gasteiger partial charge in [-0.15, -0.1) is 5.10 Å². The van der Waals surface area contributed by atoms with E-state index in [2.05, 4.69) is 45.0 Å². The highest BCUT2D eigenvalue weighted by Gasteiger charge is 2.31. The first kappa shape index (κ1) is 19.0. The van der Waals surface area contributed by atoms with Gasteiger partial charge in [0.05, 0.1) is 19.2 Å². The van der Waals surface area contributed by atoms with Crippen molar-refractivity contribution in [3.8, 4) is 5.75 Å². The van der Waals surface area contributed by atoms with E-state index in [1.807, 2.05) is 48.9 Å². The summed E-state index contributed by atoms with van der Waals surface area (Å²) in [5.41, 5.74) is 2.30. The number of amides is 1. The molecule has 0 saturated carbocycles. The number of hydrogen-bond donors (Lipinski definition) is 2. The van der Waals surface area contributed by atoms with Crippen LogP contribution in [0.15, 0.2) is 54.6 Å². The Balaban J connectivity index is 1.70. The van der Waals surface area contributed by atoms with Gasteiger partial charge in [-0.25, -0.2) is 4.68 Å². The van der Waals surface area contributed by atoms with Gasteiger partial charge in [-0.3, -0.25) is 10.1 Å². The molecule has 1 amide bonds. The second kappa shape index (κ2) is 7.95. The number of rotatable bonds is 5. The molecule has 2 unspecified atom stereocenters. The fourth-order valence-corrected chi connectivity index (χ4v) is 3.49. The molecule has 0 spiro atoms. The molecule has 150 valence electrons. The number of methoxy groups -OCH3 is 1. The van der Waals surface area contributed by atoms with Crippen molar-refractivity contribution in [1.82, 2.24) is 14.8 Å². The normalized spacial score (nSPS) is 18.1. The topological polar surface area (TPSA) is 81.1 Å². The first-order chi connectivity index (χ1) is 14.0. The summed E-state index contributed by atoms with van der Waals surface area (Å²) in [5, 5.41) is 10.9. The van der Waals surface area contributed by atoms with Crippen LogP contribution in [0.5, 0.6) is 5.75 Å². The van der Waals surface area contributed by atoms with Crippen molar-refractivity contribution in [2.75, 3.05) is 17.7 Å². The molecular formula is C22H25N5O2. The Morgan fingerprint density at radius 1 is 1.14 bits per heavy atom. The maximum Gasteiger partial charge on any atom is 0.250 e. The second-order valence-electron chi connectivity index (χ2n) is 7.48. The molecule has 0 radical (unpaired) electrons. The summed E-state index contributed by atoms with van der Waals surface area (Å²) in [7, 11) is 1.66. The van der Waals surface area contributed by atoms with Crippen LogP contribution in [-0.2, 0) is 4.79 Å². The molecule has 0 fully saturated rings. The summed E-state index contributed by atoms with van der Waals surface area (Å²) in [6, 6.07) is 18.4. The van der Waals surface area contributed by atoms with Crippen molar-refractivity contribution in [1.29, 1.82) is 0 Å². The SMILES string of the molecule is COc1ccc(C2CC(c3ccccc3)Nc3nc(NC(=O)C(C)C)nn32)cc1. The van der Waals surface area contributed by atoms with Crippen molar-refractivity contribution < 1.29 is 9.53 Å². The van der Waals surface area contributed by atoms with E-state index in [0.29, 0.717) is 11.9 Å². The van der Waals surface area contributed by atoms with Gasteiger partial charge in [0, 0.05) is 5.92 Å². The summed E-state index contributed by atoms with van der Waals surface area (Å²) >= 11 is 0. The highest BCUT2D eigenvalue weighted by Crippen LogP contribution is 2.38. The summed E-state index contributed by atoms with van der Waals surface area (Å²) in [5.74, 6) is 1.53. The van der Waals surface area contributed by atoms with Crippen LogP contribution in [-0.4, -0.2) is 27.8 Å². The Hall–Kier alpha value is -3.35. The standard InChI is InChI=1S/C22H25N5O2/c1-14(2)20(28)24-21-25-22-23-18(15-7-5-4-6-8-15)13-19(27(22)26-21)16-9-11-17(29-3)12-10-16/h4-12,14,18-19H,13H2,1-3H3,(H2,23,24,25,26,28). The largest absolute Gasteiger partial charge is 0.497 e. The van der Waals surface area contributed by atoms with Gasteiger partial charge in [0.1, 0.15) is 5.75 Å². The molecule has 0 bridgehead atoms. The lowest BCUT2D eigenvalue weighted by atomic mass is 9.93. The summed E-state index contributed by atoms with van der Waals surface area (Å²) in [6.07, 6.45) is 0.810. The number of benzene rings is 2. The van der Waals surface area contributed by atoms with Gasteiger partial charge in [0.25, 0.3) is 5.95 Å². The van der Waals surface area contributed by atoms with Crippen molar-refractivity contribution in [2.24, 2.45) is 5.92 Å². The van der Waals surface area contributed by atoms with Crippen LogP contribution in [0.2, 0.25) is 0 Å². The summed E-state index contributed by atoms with van der Waals surface area (Å²) in [4.78, 5) is 16.6. The Labute approximate surface area is 170 Å². The molecule has 0 saturated heterocycles. The van der Waals surface area contributed by atoms with Gasteiger partial charge in [0.15, 0.2) is 0 Å². The molecule has 7 heteroatoms. The zero-order valence-electron chi connectivity index (χ0n) is 16.8. The lowest BCUT2D eigenvalue weighted by molar-refractivity contribution is -0.118. The van der Waals surface area contributed by atoms with Crippen LogP contribution >= 0.6 is 0 Å². The monoisotopic (exact) mass is 391 g/mol. The molecule has 29 heavy (non-hydrogen) atoms. The summed E-state index contributed by atoms with van der Waals surface area (Å²) < 4.78 is 7.15.